The molecule has 0 aromatic carbocycles. The van der Waals surface area contributed by atoms with E-state index >= 15 is 0 Å². The molecule has 16 heavy (non-hydrogen) atoms. The molecular weight excluding hydrogens is 196 g/mol. The van der Waals surface area contributed by atoms with Gasteiger partial charge in [-0.25, -0.2) is 0 Å². The highest BCUT2D eigenvalue weighted by Crippen LogP contribution is 2.34. The van der Waals surface area contributed by atoms with Crippen molar-refractivity contribution in [1.29, 1.82) is 0 Å². The van der Waals surface area contributed by atoms with Crippen LogP contribution in [0.15, 0.2) is 18.3 Å². The molecule has 0 fully saturated rings. The maximum Gasteiger partial charge on any atom is 0.0466 e. The fourth-order valence-corrected chi connectivity index (χ4v) is 2.55. The number of aromatic nitrogens is 1. The zero-order valence-electron chi connectivity index (χ0n) is 10.2. The van der Waals surface area contributed by atoms with Crippen LogP contribution in [0.5, 0.6) is 0 Å². The van der Waals surface area contributed by atoms with Crippen molar-refractivity contribution in [2.75, 3.05) is 13.1 Å². The molecule has 0 radical (unpaired) electrons. The van der Waals surface area contributed by atoms with Crippen molar-refractivity contribution in [2.45, 2.75) is 44.9 Å². The van der Waals surface area contributed by atoms with Gasteiger partial charge in [0.25, 0.3) is 0 Å². The molecule has 2 nitrogen and oxygen atoms in total. The van der Waals surface area contributed by atoms with Gasteiger partial charge in [0, 0.05) is 17.8 Å². The van der Waals surface area contributed by atoms with E-state index in [0.29, 0.717) is 0 Å². The minimum atomic E-state index is 0.722. The molecule has 88 valence electrons. The smallest absolute Gasteiger partial charge is 0.0466 e. The van der Waals surface area contributed by atoms with Gasteiger partial charge in [0.05, 0.1) is 0 Å². The van der Waals surface area contributed by atoms with Crippen LogP contribution >= 0.6 is 0 Å². The van der Waals surface area contributed by atoms with E-state index in [1.807, 2.05) is 6.20 Å². The topological polar surface area (TPSA) is 24.9 Å². The van der Waals surface area contributed by atoms with Crippen molar-refractivity contribution < 1.29 is 0 Å². The average Bonchev–Trinajstić information content (AvgIpc) is 2.73. The first-order valence-electron chi connectivity index (χ1n) is 6.56. The standard InChI is InChI=1S/C14H22N2/c1-2-9-15-10-3-5-12-7-8-13-6-4-11-16-14(12)13/h4,6,11-12,15H,2-3,5,7-10H2,1H3. The average molecular weight is 218 g/mol. The van der Waals surface area contributed by atoms with Crippen LogP contribution in [0.3, 0.4) is 0 Å². The Hall–Kier alpha value is -0.890. The van der Waals surface area contributed by atoms with Crippen LogP contribution in [0.25, 0.3) is 0 Å². The maximum atomic E-state index is 4.54. The molecule has 1 N–H and O–H groups in total. The van der Waals surface area contributed by atoms with Crippen LogP contribution in [0.1, 0.15) is 49.8 Å². The predicted octanol–water partition coefficient (Wildman–Crippen LogP) is 2.89. The number of pyridine rings is 1. The molecular formula is C14H22N2. The number of hydrogen-bond donors (Lipinski definition) is 1. The van der Waals surface area contributed by atoms with Gasteiger partial charge in [-0.3, -0.25) is 4.98 Å². The van der Waals surface area contributed by atoms with E-state index in [9.17, 15) is 0 Å². The third-order valence-electron chi connectivity index (χ3n) is 3.41. The van der Waals surface area contributed by atoms with Crippen molar-refractivity contribution in [3.63, 3.8) is 0 Å². The second-order valence-electron chi connectivity index (χ2n) is 4.68. The minimum absolute atomic E-state index is 0.722. The van der Waals surface area contributed by atoms with E-state index < -0.39 is 0 Å². The molecule has 1 unspecified atom stereocenters. The highest BCUT2D eigenvalue weighted by atomic mass is 14.8. The summed E-state index contributed by atoms with van der Waals surface area (Å²) in [6.07, 6.45) is 8.28. The summed E-state index contributed by atoms with van der Waals surface area (Å²) >= 11 is 0. The van der Waals surface area contributed by atoms with E-state index in [2.05, 4.69) is 29.4 Å². The van der Waals surface area contributed by atoms with E-state index in [0.717, 1.165) is 19.0 Å². The van der Waals surface area contributed by atoms with Gasteiger partial charge in [-0.2, -0.15) is 0 Å². The van der Waals surface area contributed by atoms with Crippen molar-refractivity contribution >= 4 is 0 Å². The zero-order chi connectivity index (χ0) is 11.2. The van der Waals surface area contributed by atoms with Gasteiger partial charge in [0.2, 0.25) is 0 Å². The Morgan fingerprint density at radius 2 is 2.38 bits per heavy atom. The Balaban J connectivity index is 1.76. The Kier molecular flexibility index (Phi) is 4.34. The van der Waals surface area contributed by atoms with E-state index in [1.165, 1.54) is 43.4 Å². The van der Waals surface area contributed by atoms with Crippen LogP contribution in [0.2, 0.25) is 0 Å². The summed E-state index contributed by atoms with van der Waals surface area (Å²) in [4.78, 5) is 4.54. The molecule has 1 aliphatic carbocycles. The van der Waals surface area contributed by atoms with Gasteiger partial charge in [-0.15, -0.1) is 0 Å². The fourth-order valence-electron chi connectivity index (χ4n) is 2.55. The summed E-state index contributed by atoms with van der Waals surface area (Å²) < 4.78 is 0. The van der Waals surface area contributed by atoms with E-state index in [4.69, 9.17) is 0 Å². The van der Waals surface area contributed by atoms with Crippen molar-refractivity contribution in [3.05, 3.63) is 29.6 Å². The molecule has 1 aliphatic rings. The first-order valence-corrected chi connectivity index (χ1v) is 6.56. The molecule has 1 heterocycles. The van der Waals surface area contributed by atoms with Crippen molar-refractivity contribution in [3.8, 4) is 0 Å². The molecule has 0 spiro atoms. The highest BCUT2D eigenvalue weighted by Gasteiger charge is 2.22. The van der Waals surface area contributed by atoms with Crippen molar-refractivity contribution in [2.24, 2.45) is 0 Å². The van der Waals surface area contributed by atoms with Gasteiger partial charge >= 0.3 is 0 Å². The molecule has 0 saturated carbocycles. The summed E-state index contributed by atoms with van der Waals surface area (Å²) in [5.74, 6) is 0.722. The number of rotatable bonds is 6. The number of nitrogens with zero attached hydrogens (tertiary/aromatic N) is 1. The Labute approximate surface area is 98.5 Å². The van der Waals surface area contributed by atoms with Gasteiger partial charge in [0.15, 0.2) is 0 Å². The second-order valence-corrected chi connectivity index (χ2v) is 4.68. The lowest BCUT2D eigenvalue weighted by Crippen LogP contribution is -2.16. The van der Waals surface area contributed by atoms with E-state index in [1.54, 1.807) is 0 Å². The van der Waals surface area contributed by atoms with Crippen molar-refractivity contribution in [1.82, 2.24) is 10.3 Å². The Morgan fingerprint density at radius 3 is 3.25 bits per heavy atom. The molecule has 0 amide bonds. The fraction of sp³-hybridized carbons (Fsp3) is 0.643. The summed E-state index contributed by atoms with van der Waals surface area (Å²) in [6, 6.07) is 4.29. The monoisotopic (exact) mass is 218 g/mol. The molecule has 2 heteroatoms. The molecule has 1 aromatic rings. The van der Waals surface area contributed by atoms with Crippen LogP contribution in [-0.2, 0) is 6.42 Å². The zero-order valence-corrected chi connectivity index (χ0v) is 10.2. The largest absolute Gasteiger partial charge is 0.317 e. The Morgan fingerprint density at radius 1 is 1.44 bits per heavy atom. The lowest BCUT2D eigenvalue weighted by atomic mass is 10.0. The molecule has 0 aliphatic heterocycles. The summed E-state index contributed by atoms with van der Waals surface area (Å²) in [6.45, 7) is 4.52. The molecule has 1 aromatic heterocycles. The van der Waals surface area contributed by atoms with Gasteiger partial charge in [-0.05, 0) is 56.8 Å². The lowest BCUT2D eigenvalue weighted by molar-refractivity contribution is 0.545. The SMILES string of the molecule is CCCNCCCC1CCc2cccnc21. The van der Waals surface area contributed by atoms with Crippen LogP contribution in [0.4, 0.5) is 0 Å². The molecule has 1 atom stereocenters. The van der Waals surface area contributed by atoms with Crippen LogP contribution in [0, 0.1) is 0 Å². The first-order chi connectivity index (χ1) is 7.92. The predicted molar refractivity (Wildman–Crippen MR) is 67.7 cm³/mol. The van der Waals surface area contributed by atoms with Gasteiger partial charge in [-0.1, -0.05) is 13.0 Å². The highest BCUT2D eigenvalue weighted by molar-refractivity contribution is 5.28. The molecule has 0 bridgehead atoms. The third kappa shape index (κ3) is 2.82. The first kappa shape index (κ1) is 11.6. The molecule has 0 saturated heterocycles. The number of fused-ring (bicyclic) bond motifs is 1. The third-order valence-corrected chi connectivity index (χ3v) is 3.41. The minimum Gasteiger partial charge on any atom is -0.317 e. The number of aryl methyl sites for hydroxylation is 1. The van der Waals surface area contributed by atoms with Crippen LogP contribution < -0.4 is 5.32 Å². The van der Waals surface area contributed by atoms with Gasteiger partial charge in [0.1, 0.15) is 0 Å². The normalized spacial score (nSPS) is 18.7. The van der Waals surface area contributed by atoms with Gasteiger partial charge < -0.3 is 5.32 Å². The summed E-state index contributed by atoms with van der Waals surface area (Å²) in [5, 5.41) is 3.46. The Bertz CT molecular complexity index is 322. The number of nitrogens with one attached hydrogen (secondary N) is 1. The van der Waals surface area contributed by atoms with Crippen LogP contribution in [-0.4, -0.2) is 18.1 Å². The van der Waals surface area contributed by atoms with E-state index in [-0.39, 0.29) is 0 Å². The second kappa shape index (κ2) is 6.00. The maximum absolute atomic E-state index is 4.54. The lowest BCUT2D eigenvalue weighted by Gasteiger charge is -2.10. The number of hydrogen-bond acceptors (Lipinski definition) is 2. The summed E-state index contributed by atoms with van der Waals surface area (Å²) in [5.41, 5.74) is 2.85. The quantitative estimate of drug-likeness (QED) is 0.743. The summed E-state index contributed by atoms with van der Waals surface area (Å²) in [7, 11) is 0. The molecule has 2 rings (SSSR count).